The van der Waals surface area contributed by atoms with E-state index in [4.69, 9.17) is 9.94 Å². The number of allylic oxidation sites excluding steroid dienone is 1. The third kappa shape index (κ3) is 4.71. The van der Waals surface area contributed by atoms with Gasteiger partial charge in [0.2, 0.25) is 0 Å². The molecule has 0 aromatic carbocycles. The van der Waals surface area contributed by atoms with Crippen LogP contribution in [0.3, 0.4) is 0 Å². The predicted octanol–water partition coefficient (Wildman–Crippen LogP) is 1.70. The van der Waals surface area contributed by atoms with Crippen molar-refractivity contribution in [2.45, 2.75) is 27.5 Å². The lowest BCUT2D eigenvalue weighted by Gasteiger charge is -2.10. The summed E-state index contributed by atoms with van der Waals surface area (Å²) in [6.45, 7) is 7.42. The Kier molecular flexibility index (Phi) is 5.09. The highest BCUT2D eigenvalue weighted by molar-refractivity contribution is 5.72. The van der Waals surface area contributed by atoms with Crippen LogP contribution < -0.4 is 4.57 Å². The molecule has 0 fully saturated rings. The Bertz CT molecular complexity index is 428. The number of aryl methyl sites for hydroxylation is 1. The van der Waals surface area contributed by atoms with E-state index in [-0.39, 0.29) is 5.41 Å². The first-order chi connectivity index (χ1) is 8.44. The van der Waals surface area contributed by atoms with Gasteiger partial charge in [-0.05, 0) is 5.41 Å². The number of hydrogen-bond donors (Lipinski definition) is 1. The summed E-state index contributed by atoms with van der Waals surface area (Å²) < 4.78 is 9.26. The quantitative estimate of drug-likeness (QED) is 0.216. The molecule has 5 nitrogen and oxygen atoms in total. The first kappa shape index (κ1) is 14.4. The maximum atomic E-state index is 8.58. The van der Waals surface area contributed by atoms with Gasteiger partial charge in [0.1, 0.15) is 12.4 Å². The molecular formula is C13H22N3O2+. The Hall–Kier alpha value is -1.62. The molecule has 0 aliphatic rings. The van der Waals surface area contributed by atoms with Crippen molar-refractivity contribution in [3.63, 3.8) is 0 Å². The predicted molar refractivity (Wildman–Crippen MR) is 69.5 cm³/mol. The zero-order valence-corrected chi connectivity index (χ0v) is 11.5. The van der Waals surface area contributed by atoms with Crippen LogP contribution in [0.25, 0.3) is 0 Å². The Morgan fingerprint density at radius 2 is 2.22 bits per heavy atom. The third-order valence-electron chi connectivity index (χ3n) is 2.36. The number of ether oxygens (including phenoxy) is 1. The summed E-state index contributed by atoms with van der Waals surface area (Å²) in [6.07, 6.45) is 9.28. The second kappa shape index (κ2) is 6.35. The van der Waals surface area contributed by atoms with Crippen molar-refractivity contribution in [1.29, 1.82) is 0 Å². The zero-order chi connectivity index (χ0) is 13.6. The highest BCUT2D eigenvalue weighted by atomic mass is 16.5. The summed E-state index contributed by atoms with van der Waals surface area (Å²) in [5.41, 5.74) is 0.179. The second-order valence-electron chi connectivity index (χ2n) is 5.25. The molecule has 0 atom stereocenters. The molecule has 18 heavy (non-hydrogen) atoms. The van der Waals surface area contributed by atoms with Crippen molar-refractivity contribution in [2.75, 3.05) is 6.61 Å². The summed E-state index contributed by atoms with van der Waals surface area (Å²) in [6, 6.07) is 0. The van der Waals surface area contributed by atoms with E-state index >= 15 is 0 Å². The minimum atomic E-state index is 0.179. The Labute approximate surface area is 108 Å². The van der Waals surface area contributed by atoms with E-state index in [0.717, 1.165) is 5.82 Å². The van der Waals surface area contributed by atoms with Crippen LogP contribution in [0, 0.1) is 5.41 Å². The molecule has 1 N–H and O–H groups in total. The minimum Gasteiger partial charge on any atom is -0.411 e. The lowest BCUT2D eigenvalue weighted by atomic mass is 9.96. The fourth-order valence-corrected chi connectivity index (χ4v) is 1.48. The van der Waals surface area contributed by atoms with Crippen molar-refractivity contribution in [2.24, 2.45) is 17.6 Å². The van der Waals surface area contributed by atoms with E-state index in [2.05, 4.69) is 32.0 Å². The summed E-state index contributed by atoms with van der Waals surface area (Å²) in [4.78, 5) is 0. The van der Waals surface area contributed by atoms with Crippen LogP contribution in [0.5, 0.6) is 0 Å². The van der Waals surface area contributed by atoms with Crippen molar-refractivity contribution in [3.8, 4) is 0 Å². The number of hydrogen-bond acceptors (Lipinski definition) is 3. The van der Waals surface area contributed by atoms with Crippen LogP contribution in [-0.2, 0) is 18.5 Å². The molecule has 0 bridgehead atoms. The number of oxime groups is 1. The van der Waals surface area contributed by atoms with Gasteiger partial charge in [-0.25, -0.2) is 9.13 Å². The second-order valence-corrected chi connectivity index (χ2v) is 5.25. The van der Waals surface area contributed by atoms with Gasteiger partial charge in [-0.1, -0.05) is 38.1 Å². The maximum Gasteiger partial charge on any atom is 0.305 e. The van der Waals surface area contributed by atoms with Crippen LogP contribution in [0.15, 0.2) is 29.7 Å². The standard InChI is InChI=1S/C13H21N3O2/c1-13(2,3)6-5-9-18-11-16-8-7-15(4)12(16)10-14-17/h5-8,10H,9,11H2,1-4H3/p+1/b6-5+. The van der Waals surface area contributed by atoms with Gasteiger partial charge in [-0.3, -0.25) is 0 Å². The number of aromatic nitrogens is 2. The number of rotatable bonds is 5. The van der Waals surface area contributed by atoms with E-state index < -0.39 is 0 Å². The Morgan fingerprint density at radius 3 is 2.83 bits per heavy atom. The molecule has 0 aliphatic heterocycles. The fraction of sp³-hybridized carbons (Fsp3) is 0.538. The molecule has 5 heteroatoms. The molecule has 1 rings (SSSR count). The lowest BCUT2D eigenvalue weighted by Crippen LogP contribution is -2.32. The van der Waals surface area contributed by atoms with E-state index in [9.17, 15) is 0 Å². The number of nitrogens with zero attached hydrogens (tertiary/aromatic N) is 3. The molecule has 1 aromatic heterocycles. The van der Waals surface area contributed by atoms with Gasteiger partial charge in [0.15, 0.2) is 12.9 Å². The smallest absolute Gasteiger partial charge is 0.305 e. The molecule has 0 radical (unpaired) electrons. The van der Waals surface area contributed by atoms with Gasteiger partial charge in [-0.2, -0.15) is 0 Å². The summed E-state index contributed by atoms with van der Waals surface area (Å²) in [5, 5.41) is 11.6. The highest BCUT2D eigenvalue weighted by Gasteiger charge is 2.11. The molecule has 0 unspecified atom stereocenters. The monoisotopic (exact) mass is 252 g/mol. The molecule has 0 saturated carbocycles. The van der Waals surface area contributed by atoms with Crippen molar-refractivity contribution in [3.05, 3.63) is 30.4 Å². The fourth-order valence-electron chi connectivity index (χ4n) is 1.48. The van der Waals surface area contributed by atoms with Gasteiger partial charge in [-0.15, -0.1) is 0 Å². The average molecular weight is 252 g/mol. The van der Waals surface area contributed by atoms with Crippen molar-refractivity contribution >= 4 is 6.21 Å². The molecule has 1 heterocycles. The first-order valence-electron chi connectivity index (χ1n) is 5.91. The molecular weight excluding hydrogens is 230 g/mol. The normalized spacial score (nSPS) is 12.9. The summed E-state index contributed by atoms with van der Waals surface area (Å²) in [7, 11) is 1.88. The van der Waals surface area contributed by atoms with E-state index in [0.29, 0.717) is 13.3 Å². The Morgan fingerprint density at radius 1 is 1.50 bits per heavy atom. The number of imidazole rings is 1. The molecule has 0 saturated heterocycles. The Balaban J connectivity index is 2.47. The topological polar surface area (TPSA) is 50.6 Å². The van der Waals surface area contributed by atoms with E-state index in [1.807, 2.05) is 34.7 Å². The highest BCUT2D eigenvalue weighted by Crippen LogP contribution is 2.13. The van der Waals surface area contributed by atoms with Crippen LogP contribution in [0.4, 0.5) is 0 Å². The summed E-state index contributed by atoms with van der Waals surface area (Å²) >= 11 is 0. The third-order valence-corrected chi connectivity index (χ3v) is 2.36. The van der Waals surface area contributed by atoms with Crippen LogP contribution in [0.1, 0.15) is 26.6 Å². The average Bonchev–Trinajstić information content (AvgIpc) is 2.60. The van der Waals surface area contributed by atoms with Crippen LogP contribution >= 0.6 is 0 Å². The molecule has 1 aromatic rings. The lowest BCUT2D eigenvalue weighted by molar-refractivity contribution is -0.672. The molecule has 0 amide bonds. The SMILES string of the molecule is C[n+]1ccn(COC/C=C/C(C)(C)C)c1/C=N\O. The van der Waals surface area contributed by atoms with E-state index in [1.54, 1.807) is 0 Å². The van der Waals surface area contributed by atoms with Crippen molar-refractivity contribution in [1.82, 2.24) is 4.57 Å². The zero-order valence-electron chi connectivity index (χ0n) is 11.5. The van der Waals surface area contributed by atoms with Crippen LogP contribution in [-0.4, -0.2) is 22.6 Å². The van der Waals surface area contributed by atoms with Crippen molar-refractivity contribution < 1.29 is 14.5 Å². The van der Waals surface area contributed by atoms with Gasteiger partial charge in [0.05, 0.1) is 13.7 Å². The minimum absolute atomic E-state index is 0.179. The van der Waals surface area contributed by atoms with Gasteiger partial charge in [0.25, 0.3) is 0 Å². The largest absolute Gasteiger partial charge is 0.411 e. The maximum absolute atomic E-state index is 8.58. The molecule has 100 valence electrons. The van der Waals surface area contributed by atoms with Gasteiger partial charge in [0, 0.05) is 0 Å². The molecule has 0 spiro atoms. The van der Waals surface area contributed by atoms with E-state index in [1.165, 1.54) is 6.21 Å². The molecule has 0 aliphatic carbocycles. The first-order valence-corrected chi connectivity index (χ1v) is 5.91. The van der Waals surface area contributed by atoms with Crippen LogP contribution in [0.2, 0.25) is 0 Å². The van der Waals surface area contributed by atoms with Gasteiger partial charge >= 0.3 is 5.82 Å². The summed E-state index contributed by atoms with van der Waals surface area (Å²) in [5.74, 6) is 0.775. The van der Waals surface area contributed by atoms with Gasteiger partial charge < -0.3 is 9.94 Å².